The third-order valence-corrected chi connectivity index (χ3v) is 5.31. The first-order valence-electron chi connectivity index (χ1n) is 9.66. The van der Waals surface area contributed by atoms with Gasteiger partial charge in [0.25, 0.3) is 0 Å². The zero-order valence-electron chi connectivity index (χ0n) is 16.7. The van der Waals surface area contributed by atoms with Crippen LogP contribution in [0.2, 0.25) is 0 Å². The van der Waals surface area contributed by atoms with E-state index < -0.39 is 0 Å². The Morgan fingerprint density at radius 3 is 2.55 bits per heavy atom. The number of amides is 2. The maximum absolute atomic E-state index is 13.1. The molecule has 0 saturated carbocycles. The summed E-state index contributed by atoms with van der Waals surface area (Å²) in [6.45, 7) is 1.89. The van der Waals surface area contributed by atoms with Crippen molar-refractivity contribution in [3.63, 3.8) is 0 Å². The van der Waals surface area contributed by atoms with Gasteiger partial charge >= 0.3 is 6.03 Å². The van der Waals surface area contributed by atoms with Crippen LogP contribution >= 0.6 is 0 Å². The van der Waals surface area contributed by atoms with Crippen LogP contribution in [0.25, 0.3) is 0 Å². The molecule has 29 heavy (non-hydrogen) atoms. The smallest absolute Gasteiger partial charge is 0.318 e. The summed E-state index contributed by atoms with van der Waals surface area (Å²) in [6, 6.07) is 19.6. The molecule has 1 N–H and O–H groups in total. The van der Waals surface area contributed by atoms with Gasteiger partial charge in [0.05, 0.1) is 20.3 Å². The van der Waals surface area contributed by atoms with Crippen molar-refractivity contribution in [2.24, 2.45) is 0 Å². The van der Waals surface area contributed by atoms with E-state index in [-0.39, 0.29) is 12.1 Å². The minimum Gasteiger partial charge on any atom is -0.493 e. The number of nitrogens with one attached hydrogen (secondary N) is 1. The van der Waals surface area contributed by atoms with E-state index in [9.17, 15) is 4.79 Å². The van der Waals surface area contributed by atoms with Gasteiger partial charge in [-0.1, -0.05) is 36.4 Å². The highest BCUT2D eigenvalue weighted by Gasteiger charge is 2.32. The first kappa shape index (κ1) is 18.9. The third kappa shape index (κ3) is 3.78. The molecule has 1 atom stereocenters. The highest BCUT2D eigenvalue weighted by atomic mass is 16.5. The Morgan fingerprint density at radius 1 is 1.00 bits per heavy atom. The van der Waals surface area contributed by atoms with Gasteiger partial charge in [-0.25, -0.2) is 4.79 Å². The van der Waals surface area contributed by atoms with E-state index in [1.54, 1.807) is 14.2 Å². The van der Waals surface area contributed by atoms with Gasteiger partial charge in [-0.15, -0.1) is 0 Å². The molecule has 6 nitrogen and oxygen atoms in total. The van der Waals surface area contributed by atoms with Crippen LogP contribution < -0.4 is 14.8 Å². The summed E-state index contributed by atoms with van der Waals surface area (Å²) in [7, 11) is 3.24. The van der Waals surface area contributed by atoms with E-state index in [1.807, 2.05) is 59.5 Å². The van der Waals surface area contributed by atoms with Crippen molar-refractivity contribution >= 4 is 6.03 Å². The SMILES string of the molecule is COc1ccc(C2c3cccn3CCN2C(=O)NCc2ccccc2)cc1OC. The Labute approximate surface area is 170 Å². The molecule has 0 saturated heterocycles. The number of aromatic nitrogens is 1. The molecular formula is C23H25N3O3. The molecule has 150 valence electrons. The predicted molar refractivity (Wildman–Crippen MR) is 111 cm³/mol. The molecule has 3 aromatic rings. The minimum absolute atomic E-state index is 0.0823. The molecule has 1 unspecified atom stereocenters. The average Bonchev–Trinajstić information content (AvgIpc) is 3.26. The van der Waals surface area contributed by atoms with Crippen LogP contribution in [0.3, 0.4) is 0 Å². The van der Waals surface area contributed by atoms with Crippen LogP contribution in [-0.2, 0) is 13.1 Å². The van der Waals surface area contributed by atoms with Crippen LogP contribution in [0.15, 0.2) is 66.9 Å². The lowest BCUT2D eigenvalue weighted by Crippen LogP contribution is -2.47. The molecule has 0 bridgehead atoms. The minimum atomic E-state index is -0.200. The molecular weight excluding hydrogens is 366 g/mol. The van der Waals surface area contributed by atoms with Gasteiger partial charge in [-0.2, -0.15) is 0 Å². The van der Waals surface area contributed by atoms with E-state index in [2.05, 4.69) is 22.1 Å². The number of ether oxygens (including phenoxy) is 2. The lowest BCUT2D eigenvalue weighted by atomic mass is 9.99. The summed E-state index contributed by atoms with van der Waals surface area (Å²) in [5.74, 6) is 1.32. The molecule has 2 amide bonds. The van der Waals surface area contributed by atoms with Crippen molar-refractivity contribution in [1.29, 1.82) is 0 Å². The zero-order chi connectivity index (χ0) is 20.2. The second-order valence-electron chi connectivity index (χ2n) is 6.98. The second-order valence-corrected chi connectivity index (χ2v) is 6.98. The molecule has 0 spiro atoms. The van der Waals surface area contributed by atoms with Gasteiger partial charge in [0.2, 0.25) is 0 Å². The number of urea groups is 1. The lowest BCUT2D eigenvalue weighted by Gasteiger charge is -2.37. The van der Waals surface area contributed by atoms with Crippen molar-refractivity contribution in [2.45, 2.75) is 19.1 Å². The molecule has 2 aromatic carbocycles. The number of fused-ring (bicyclic) bond motifs is 1. The van der Waals surface area contributed by atoms with Crippen LogP contribution in [0, 0.1) is 0 Å². The molecule has 0 aliphatic carbocycles. The number of hydrogen-bond acceptors (Lipinski definition) is 3. The molecule has 0 radical (unpaired) electrons. The fourth-order valence-electron chi connectivity index (χ4n) is 3.85. The van der Waals surface area contributed by atoms with Gasteiger partial charge in [0, 0.05) is 31.5 Å². The Bertz CT molecular complexity index is 984. The molecule has 4 rings (SSSR count). The molecule has 1 aromatic heterocycles. The van der Waals surface area contributed by atoms with Crippen LogP contribution in [0.4, 0.5) is 4.79 Å². The second kappa shape index (κ2) is 8.31. The van der Waals surface area contributed by atoms with E-state index >= 15 is 0 Å². The van der Waals surface area contributed by atoms with Gasteiger partial charge in [-0.3, -0.25) is 0 Å². The first-order chi connectivity index (χ1) is 14.2. The van der Waals surface area contributed by atoms with E-state index in [1.165, 1.54) is 0 Å². The highest BCUT2D eigenvalue weighted by Crippen LogP contribution is 2.37. The van der Waals surface area contributed by atoms with Gasteiger partial charge in [0.1, 0.15) is 0 Å². The van der Waals surface area contributed by atoms with Crippen LogP contribution in [-0.4, -0.2) is 36.3 Å². The van der Waals surface area contributed by atoms with Gasteiger partial charge < -0.3 is 24.3 Å². The Balaban J connectivity index is 1.63. The van der Waals surface area contributed by atoms with Gasteiger partial charge in [-0.05, 0) is 35.4 Å². The number of methoxy groups -OCH3 is 2. The summed E-state index contributed by atoms with van der Waals surface area (Å²) in [4.78, 5) is 15.0. The highest BCUT2D eigenvalue weighted by molar-refractivity contribution is 5.75. The number of carbonyl (C=O) groups excluding carboxylic acids is 1. The Hall–Kier alpha value is -3.41. The first-order valence-corrected chi connectivity index (χ1v) is 9.66. The van der Waals surface area contributed by atoms with Gasteiger partial charge in [0.15, 0.2) is 11.5 Å². The summed E-state index contributed by atoms with van der Waals surface area (Å²) in [5.41, 5.74) is 3.14. The van der Waals surface area contributed by atoms with E-state index in [4.69, 9.17) is 9.47 Å². The Kier molecular flexibility index (Phi) is 5.42. The molecule has 2 heterocycles. The number of nitrogens with zero attached hydrogens (tertiary/aromatic N) is 2. The maximum Gasteiger partial charge on any atom is 0.318 e. The van der Waals surface area contributed by atoms with E-state index in [0.717, 1.165) is 23.4 Å². The quantitative estimate of drug-likeness (QED) is 0.719. The topological polar surface area (TPSA) is 55.7 Å². The van der Waals surface area contributed by atoms with Crippen molar-refractivity contribution < 1.29 is 14.3 Å². The summed E-state index contributed by atoms with van der Waals surface area (Å²) < 4.78 is 13.1. The monoisotopic (exact) mass is 391 g/mol. The number of hydrogen-bond donors (Lipinski definition) is 1. The van der Waals surface area contributed by atoms with Crippen LogP contribution in [0.1, 0.15) is 22.9 Å². The number of rotatable bonds is 5. The molecule has 1 aliphatic heterocycles. The normalized spacial score (nSPS) is 15.5. The van der Waals surface area contributed by atoms with Crippen molar-refractivity contribution in [3.8, 4) is 11.5 Å². The zero-order valence-corrected chi connectivity index (χ0v) is 16.7. The fraction of sp³-hybridized carbons (Fsp3) is 0.261. The number of carbonyl (C=O) groups is 1. The van der Waals surface area contributed by atoms with Crippen LogP contribution in [0.5, 0.6) is 11.5 Å². The standard InChI is InChI=1S/C23H25N3O3/c1-28-20-11-10-18(15-21(20)29-2)22-19-9-6-12-25(19)13-14-26(22)23(27)24-16-17-7-4-3-5-8-17/h3-12,15,22H,13-14,16H2,1-2H3,(H,24,27). The molecule has 6 heteroatoms. The third-order valence-electron chi connectivity index (χ3n) is 5.31. The fourth-order valence-corrected chi connectivity index (χ4v) is 3.85. The summed E-state index contributed by atoms with van der Waals surface area (Å²) in [6.07, 6.45) is 2.06. The average molecular weight is 391 g/mol. The molecule has 0 fully saturated rings. The number of benzene rings is 2. The van der Waals surface area contributed by atoms with Crippen molar-refractivity contribution in [2.75, 3.05) is 20.8 Å². The molecule has 1 aliphatic rings. The largest absolute Gasteiger partial charge is 0.493 e. The van der Waals surface area contributed by atoms with Crippen molar-refractivity contribution in [1.82, 2.24) is 14.8 Å². The van der Waals surface area contributed by atoms with Crippen molar-refractivity contribution in [3.05, 3.63) is 83.7 Å². The Morgan fingerprint density at radius 2 is 1.79 bits per heavy atom. The summed E-state index contributed by atoms with van der Waals surface area (Å²) in [5, 5.41) is 3.06. The lowest BCUT2D eigenvalue weighted by molar-refractivity contribution is 0.168. The van der Waals surface area contributed by atoms with E-state index in [0.29, 0.717) is 24.6 Å². The predicted octanol–water partition coefficient (Wildman–Crippen LogP) is 3.82. The summed E-state index contributed by atoms with van der Waals surface area (Å²) >= 11 is 0. The maximum atomic E-state index is 13.1.